The number of rotatable bonds is 2. The number of anilines is 2. The first-order valence-corrected chi connectivity index (χ1v) is 6.51. The molecule has 0 radical (unpaired) electrons. The summed E-state index contributed by atoms with van der Waals surface area (Å²) in [4.78, 5) is 11.8. The molecule has 0 fully saturated rings. The number of carbonyl (C=O) groups excluding carboxylic acids is 1. The Balaban J connectivity index is 2.10. The van der Waals surface area contributed by atoms with Crippen LogP contribution < -0.4 is 10.6 Å². The highest BCUT2D eigenvalue weighted by Gasteiger charge is 2.09. The van der Waals surface area contributed by atoms with Gasteiger partial charge in [0.25, 0.3) is 0 Å². The summed E-state index contributed by atoms with van der Waals surface area (Å²) in [5.41, 5.74) is 1.24. The van der Waals surface area contributed by atoms with Crippen molar-refractivity contribution in [3.8, 4) is 11.8 Å². The molecule has 106 valence electrons. The van der Waals surface area contributed by atoms with Gasteiger partial charge in [-0.25, -0.2) is 4.79 Å². The molecule has 3 N–H and O–H groups in total. The molecule has 2 aromatic rings. The number of halogens is 2. The average molecular weight is 322 g/mol. The van der Waals surface area contributed by atoms with Crippen molar-refractivity contribution in [1.29, 1.82) is 5.26 Å². The fourth-order valence-electron chi connectivity index (χ4n) is 1.60. The second-order valence-electron chi connectivity index (χ2n) is 4.06. The number of aromatic hydroxyl groups is 1. The van der Waals surface area contributed by atoms with E-state index in [-0.39, 0.29) is 15.8 Å². The molecule has 0 atom stereocenters. The van der Waals surface area contributed by atoms with E-state index >= 15 is 0 Å². The van der Waals surface area contributed by atoms with Crippen LogP contribution in [0.4, 0.5) is 16.2 Å². The van der Waals surface area contributed by atoms with Crippen molar-refractivity contribution in [3.05, 3.63) is 52.0 Å². The highest BCUT2D eigenvalue weighted by Crippen LogP contribution is 2.34. The second kappa shape index (κ2) is 6.35. The van der Waals surface area contributed by atoms with Crippen LogP contribution in [0, 0.1) is 11.3 Å². The largest absolute Gasteiger partial charge is 0.505 e. The van der Waals surface area contributed by atoms with Gasteiger partial charge >= 0.3 is 6.03 Å². The number of hydrogen-bond donors (Lipinski definition) is 3. The van der Waals surface area contributed by atoms with Gasteiger partial charge in [0.15, 0.2) is 5.75 Å². The minimum absolute atomic E-state index is 0.0317. The monoisotopic (exact) mass is 321 g/mol. The molecule has 7 heteroatoms. The summed E-state index contributed by atoms with van der Waals surface area (Å²) >= 11 is 11.5. The number of urea groups is 1. The van der Waals surface area contributed by atoms with Crippen LogP contribution in [0.3, 0.4) is 0 Å². The number of hydrogen-bond acceptors (Lipinski definition) is 3. The Labute approximate surface area is 130 Å². The van der Waals surface area contributed by atoms with Gasteiger partial charge < -0.3 is 15.7 Å². The zero-order valence-electron chi connectivity index (χ0n) is 10.5. The van der Waals surface area contributed by atoms with Gasteiger partial charge in [0.1, 0.15) is 0 Å². The predicted molar refractivity (Wildman–Crippen MR) is 81.9 cm³/mol. The SMILES string of the molecule is N#Cc1cccc(NC(=O)Nc2cc(Cl)c(O)c(Cl)c2)c1. The van der Waals surface area contributed by atoms with Crippen LogP contribution in [0.15, 0.2) is 36.4 Å². The van der Waals surface area contributed by atoms with Gasteiger partial charge in [0, 0.05) is 11.4 Å². The van der Waals surface area contributed by atoms with E-state index in [1.54, 1.807) is 18.2 Å². The number of phenolic OH excluding ortho intramolecular Hbond substituents is 1. The normalized spacial score (nSPS) is 9.76. The molecule has 21 heavy (non-hydrogen) atoms. The van der Waals surface area contributed by atoms with Gasteiger partial charge in [-0.15, -0.1) is 0 Å². The van der Waals surface area contributed by atoms with Gasteiger partial charge in [0.05, 0.1) is 21.7 Å². The Morgan fingerprint density at radius 2 is 1.71 bits per heavy atom. The molecule has 5 nitrogen and oxygen atoms in total. The van der Waals surface area contributed by atoms with E-state index in [2.05, 4.69) is 10.6 Å². The maximum absolute atomic E-state index is 11.8. The van der Waals surface area contributed by atoms with E-state index < -0.39 is 6.03 Å². The molecule has 0 aliphatic rings. The Bertz CT molecular complexity index is 718. The summed E-state index contributed by atoms with van der Waals surface area (Å²) in [6.07, 6.45) is 0. The van der Waals surface area contributed by atoms with Gasteiger partial charge in [-0.05, 0) is 30.3 Å². The molecule has 0 unspecified atom stereocenters. The summed E-state index contributed by atoms with van der Waals surface area (Å²) < 4.78 is 0. The number of carbonyl (C=O) groups is 1. The zero-order valence-corrected chi connectivity index (χ0v) is 12.0. The number of nitrogens with zero attached hydrogens (tertiary/aromatic N) is 1. The second-order valence-corrected chi connectivity index (χ2v) is 4.87. The van der Waals surface area contributed by atoms with Crippen LogP contribution in [0.25, 0.3) is 0 Å². The Kier molecular flexibility index (Phi) is 4.53. The smallest absolute Gasteiger partial charge is 0.323 e. The van der Waals surface area contributed by atoms with Crippen molar-refractivity contribution in [2.45, 2.75) is 0 Å². The number of benzene rings is 2. The molecule has 0 saturated carbocycles. The first-order chi connectivity index (χ1) is 9.99. The Morgan fingerprint density at radius 3 is 2.33 bits per heavy atom. The molecule has 0 aliphatic carbocycles. The Morgan fingerprint density at radius 1 is 1.10 bits per heavy atom. The van der Waals surface area contributed by atoms with Crippen LogP contribution in [0.1, 0.15) is 5.56 Å². The number of nitrogens with one attached hydrogen (secondary N) is 2. The van der Waals surface area contributed by atoms with E-state index in [1.807, 2.05) is 6.07 Å². The molecule has 2 aromatic carbocycles. The van der Waals surface area contributed by atoms with Gasteiger partial charge in [-0.1, -0.05) is 29.3 Å². The molecule has 0 bridgehead atoms. The summed E-state index contributed by atoms with van der Waals surface area (Å²) in [7, 11) is 0. The predicted octanol–water partition coefficient (Wildman–Crippen LogP) is 4.21. The topological polar surface area (TPSA) is 85.2 Å². The molecule has 0 aliphatic heterocycles. The molecule has 0 saturated heterocycles. The number of phenols is 1. The van der Waals surface area contributed by atoms with Crippen molar-refractivity contribution < 1.29 is 9.90 Å². The molecule has 2 amide bonds. The standard InChI is InChI=1S/C14H9Cl2N3O2/c15-11-5-10(6-12(16)13(11)20)19-14(21)18-9-3-1-2-8(4-9)7-17/h1-6,20H,(H2,18,19,21). The van der Waals surface area contributed by atoms with Gasteiger partial charge in [-0.2, -0.15) is 5.26 Å². The summed E-state index contributed by atoms with van der Waals surface area (Å²) in [5, 5.41) is 23.4. The third-order valence-corrected chi connectivity index (χ3v) is 3.10. The molecule has 0 spiro atoms. The molecule has 2 rings (SSSR count). The first kappa shape index (κ1) is 15.0. The zero-order chi connectivity index (χ0) is 15.4. The first-order valence-electron chi connectivity index (χ1n) is 5.76. The van der Waals surface area contributed by atoms with Crippen molar-refractivity contribution in [2.75, 3.05) is 10.6 Å². The van der Waals surface area contributed by atoms with Crippen molar-refractivity contribution >= 4 is 40.6 Å². The van der Waals surface area contributed by atoms with Crippen LogP contribution >= 0.6 is 23.2 Å². The van der Waals surface area contributed by atoms with E-state index in [1.165, 1.54) is 18.2 Å². The van der Waals surface area contributed by atoms with Crippen molar-refractivity contribution in [1.82, 2.24) is 0 Å². The average Bonchev–Trinajstić information content (AvgIpc) is 2.44. The van der Waals surface area contributed by atoms with Crippen molar-refractivity contribution in [3.63, 3.8) is 0 Å². The quantitative estimate of drug-likeness (QED) is 0.724. The fourth-order valence-corrected chi connectivity index (χ4v) is 2.08. The van der Waals surface area contributed by atoms with Crippen LogP contribution in [-0.2, 0) is 0 Å². The van der Waals surface area contributed by atoms with Crippen LogP contribution in [-0.4, -0.2) is 11.1 Å². The summed E-state index contributed by atoms with van der Waals surface area (Å²) in [6.45, 7) is 0. The maximum Gasteiger partial charge on any atom is 0.323 e. The summed E-state index contributed by atoms with van der Waals surface area (Å²) in [5.74, 6) is -0.244. The maximum atomic E-state index is 11.8. The number of amides is 2. The lowest BCUT2D eigenvalue weighted by Crippen LogP contribution is -2.19. The highest BCUT2D eigenvalue weighted by molar-refractivity contribution is 6.37. The van der Waals surface area contributed by atoms with Crippen LogP contribution in [0.2, 0.25) is 10.0 Å². The third-order valence-electron chi connectivity index (χ3n) is 2.52. The minimum Gasteiger partial charge on any atom is -0.505 e. The Hall–Kier alpha value is -2.42. The van der Waals surface area contributed by atoms with Gasteiger partial charge in [0.2, 0.25) is 0 Å². The molecular formula is C14H9Cl2N3O2. The lowest BCUT2D eigenvalue weighted by atomic mass is 10.2. The number of nitriles is 1. The lowest BCUT2D eigenvalue weighted by Gasteiger charge is -2.09. The van der Waals surface area contributed by atoms with E-state index in [0.717, 1.165) is 0 Å². The summed E-state index contributed by atoms with van der Waals surface area (Å²) in [6, 6.07) is 10.7. The minimum atomic E-state index is -0.525. The lowest BCUT2D eigenvalue weighted by molar-refractivity contribution is 0.262. The third kappa shape index (κ3) is 3.78. The fraction of sp³-hybridized carbons (Fsp3) is 0. The van der Waals surface area contributed by atoms with E-state index in [9.17, 15) is 9.90 Å². The van der Waals surface area contributed by atoms with Crippen molar-refractivity contribution in [2.24, 2.45) is 0 Å². The van der Waals surface area contributed by atoms with Crippen LogP contribution in [0.5, 0.6) is 5.75 Å². The van der Waals surface area contributed by atoms with E-state index in [0.29, 0.717) is 16.9 Å². The van der Waals surface area contributed by atoms with Gasteiger partial charge in [-0.3, -0.25) is 0 Å². The molecule has 0 heterocycles. The highest BCUT2D eigenvalue weighted by atomic mass is 35.5. The molecular weight excluding hydrogens is 313 g/mol. The molecule has 0 aromatic heterocycles. The van der Waals surface area contributed by atoms with E-state index in [4.69, 9.17) is 28.5 Å².